The number of hydrogen-bond donors (Lipinski definition) is 0. The van der Waals surface area contributed by atoms with E-state index in [-0.39, 0.29) is 0 Å². The molecule has 2 unspecified atom stereocenters. The minimum absolute atomic E-state index is 0.412. The second-order valence-corrected chi connectivity index (χ2v) is 3.71. The van der Waals surface area contributed by atoms with E-state index in [1.807, 2.05) is 0 Å². The van der Waals surface area contributed by atoms with Crippen LogP contribution in [0.1, 0.15) is 6.92 Å². The van der Waals surface area contributed by atoms with Crippen LogP contribution in [0, 0.1) is 0 Å². The molecule has 0 amide bonds. The summed E-state index contributed by atoms with van der Waals surface area (Å²) in [6.07, 6.45) is -13.8. The second kappa shape index (κ2) is 4.37. The standard InChI is InChI=1S/C9H9F7O2/c1-4(3-5-6(17-2)18-5)7(10,8(11,12)13)9(14,15)16/h3,5-6H,1-2H3/b4-3+. The average molecular weight is 282 g/mol. The van der Waals surface area contributed by atoms with Crippen molar-refractivity contribution in [2.24, 2.45) is 0 Å². The van der Waals surface area contributed by atoms with Gasteiger partial charge in [0.2, 0.25) is 0 Å². The van der Waals surface area contributed by atoms with Crippen LogP contribution in [0.2, 0.25) is 0 Å². The van der Waals surface area contributed by atoms with Crippen molar-refractivity contribution >= 4 is 0 Å². The van der Waals surface area contributed by atoms with E-state index in [9.17, 15) is 30.7 Å². The number of methoxy groups -OCH3 is 1. The van der Waals surface area contributed by atoms with Gasteiger partial charge in [0.15, 0.2) is 6.29 Å². The zero-order valence-corrected chi connectivity index (χ0v) is 9.19. The average Bonchev–Trinajstić information content (AvgIpc) is 2.91. The highest BCUT2D eigenvalue weighted by molar-refractivity contribution is 5.24. The molecule has 9 heteroatoms. The Morgan fingerprint density at radius 1 is 1.06 bits per heavy atom. The van der Waals surface area contributed by atoms with E-state index in [4.69, 9.17) is 0 Å². The van der Waals surface area contributed by atoms with Crippen LogP contribution >= 0.6 is 0 Å². The van der Waals surface area contributed by atoms with Gasteiger partial charge >= 0.3 is 18.0 Å². The molecule has 1 aliphatic rings. The van der Waals surface area contributed by atoms with E-state index < -0.39 is 36.0 Å². The number of rotatable bonds is 3. The zero-order chi connectivity index (χ0) is 14.4. The first-order valence-corrected chi connectivity index (χ1v) is 4.64. The molecule has 1 saturated heterocycles. The molecule has 18 heavy (non-hydrogen) atoms. The molecule has 0 spiro atoms. The Morgan fingerprint density at radius 2 is 1.50 bits per heavy atom. The van der Waals surface area contributed by atoms with E-state index in [2.05, 4.69) is 9.47 Å². The van der Waals surface area contributed by atoms with Gasteiger partial charge in [-0.05, 0) is 18.6 Å². The van der Waals surface area contributed by atoms with Crippen LogP contribution < -0.4 is 0 Å². The number of ether oxygens (including phenoxy) is 2. The third-order valence-electron chi connectivity index (χ3n) is 2.45. The van der Waals surface area contributed by atoms with Crippen molar-refractivity contribution in [1.29, 1.82) is 0 Å². The molecule has 1 fully saturated rings. The Morgan fingerprint density at radius 3 is 1.78 bits per heavy atom. The first-order valence-electron chi connectivity index (χ1n) is 4.64. The van der Waals surface area contributed by atoms with Crippen LogP contribution in [0.5, 0.6) is 0 Å². The van der Waals surface area contributed by atoms with E-state index in [0.717, 1.165) is 7.11 Å². The molecular weight excluding hydrogens is 273 g/mol. The van der Waals surface area contributed by atoms with Crippen LogP contribution in [0.3, 0.4) is 0 Å². The second-order valence-electron chi connectivity index (χ2n) is 3.71. The summed E-state index contributed by atoms with van der Waals surface area (Å²) < 4.78 is 96.2. The molecule has 1 aliphatic heterocycles. The van der Waals surface area contributed by atoms with Gasteiger partial charge in [-0.2, -0.15) is 26.3 Å². The summed E-state index contributed by atoms with van der Waals surface area (Å²) in [6, 6.07) is 0. The number of alkyl halides is 7. The molecule has 0 aromatic heterocycles. The number of hydrogen-bond acceptors (Lipinski definition) is 2. The van der Waals surface area contributed by atoms with Crippen molar-refractivity contribution in [1.82, 2.24) is 0 Å². The van der Waals surface area contributed by atoms with E-state index in [1.165, 1.54) is 0 Å². The van der Waals surface area contributed by atoms with Gasteiger partial charge in [-0.25, -0.2) is 4.39 Å². The van der Waals surface area contributed by atoms with Gasteiger partial charge < -0.3 is 9.47 Å². The smallest absolute Gasteiger partial charge is 0.353 e. The minimum atomic E-state index is -6.09. The maximum Gasteiger partial charge on any atom is 0.435 e. The minimum Gasteiger partial charge on any atom is -0.353 e. The molecule has 0 aromatic rings. The summed E-state index contributed by atoms with van der Waals surface area (Å²) >= 11 is 0. The number of halogens is 7. The van der Waals surface area contributed by atoms with Crippen molar-refractivity contribution < 1.29 is 40.2 Å². The molecule has 0 saturated carbocycles. The van der Waals surface area contributed by atoms with Crippen molar-refractivity contribution in [3.8, 4) is 0 Å². The lowest BCUT2D eigenvalue weighted by atomic mass is 9.94. The zero-order valence-electron chi connectivity index (χ0n) is 9.19. The van der Waals surface area contributed by atoms with Crippen molar-refractivity contribution in [2.45, 2.75) is 37.3 Å². The molecule has 0 aliphatic carbocycles. The summed E-state index contributed by atoms with van der Waals surface area (Å²) in [4.78, 5) is 0. The van der Waals surface area contributed by atoms with Crippen LogP contribution in [-0.4, -0.2) is 37.5 Å². The lowest BCUT2D eigenvalue weighted by Crippen LogP contribution is -2.54. The molecular formula is C9H9F7O2. The van der Waals surface area contributed by atoms with Crippen molar-refractivity contribution in [2.75, 3.05) is 7.11 Å². The molecule has 106 valence electrons. The van der Waals surface area contributed by atoms with E-state index in [0.29, 0.717) is 13.0 Å². The molecule has 1 heterocycles. The highest BCUT2D eigenvalue weighted by Gasteiger charge is 2.73. The van der Waals surface area contributed by atoms with Gasteiger partial charge in [0.05, 0.1) is 0 Å². The fraction of sp³-hybridized carbons (Fsp3) is 0.778. The van der Waals surface area contributed by atoms with Crippen LogP contribution in [0.4, 0.5) is 30.7 Å². The number of allylic oxidation sites excluding steroid dienone is 1. The molecule has 2 atom stereocenters. The predicted octanol–water partition coefficient (Wildman–Crippen LogP) is 3.14. The largest absolute Gasteiger partial charge is 0.435 e. The quantitative estimate of drug-likeness (QED) is 0.450. The third-order valence-corrected chi connectivity index (χ3v) is 2.45. The Labute approximate surface area is 97.3 Å². The summed E-state index contributed by atoms with van der Waals surface area (Å²) in [6.45, 7) is 0.412. The Kier molecular flexibility index (Phi) is 3.70. The van der Waals surface area contributed by atoms with Crippen LogP contribution in [-0.2, 0) is 9.47 Å². The van der Waals surface area contributed by atoms with Crippen LogP contribution in [0.25, 0.3) is 0 Å². The van der Waals surface area contributed by atoms with Gasteiger partial charge in [0, 0.05) is 7.11 Å². The maximum atomic E-state index is 13.4. The topological polar surface area (TPSA) is 21.8 Å². The fourth-order valence-electron chi connectivity index (χ4n) is 1.39. The van der Waals surface area contributed by atoms with Gasteiger partial charge in [0.1, 0.15) is 6.10 Å². The highest BCUT2D eigenvalue weighted by atomic mass is 19.4. The molecule has 0 N–H and O–H groups in total. The molecule has 0 radical (unpaired) electrons. The molecule has 0 bridgehead atoms. The summed E-state index contributed by atoms with van der Waals surface area (Å²) in [7, 11) is 1.16. The van der Waals surface area contributed by atoms with E-state index >= 15 is 0 Å². The summed E-state index contributed by atoms with van der Waals surface area (Å²) in [5.74, 6) is 0. The van der Waals surface area contributed by atoms with Crippen molar-refractivity contribution in [3.63, 3.8) is 0 Å². The Hall–Kier alpha value is -0.830. The molecule has 2 nitrogen and oxygen atoms in total. The first kappa shape index (κ1) is 15.2. The fourth-order valence-corrected chi connectivity index (χ4v) is 1.39. The monoisotopic (exact) mass is 282 g/mol. The maximum absolute atomic E-state index is 13.4. The van der Waals surface area contributed by atoms with Gasteiger partial charge in [0.25, 0.3) is 0 Å². The number of epoxide rings is 1. The molecule has 1 rings (SSSR count). The predicted molar refractivity (Wildman–Crippen MR) is 45.4 cm³/mol. The van der Waals surface area contributed by atoms with E-state index in [1.54, 1.807) is 0 Å². The SMILES string of the molecule is COC1OC1/C=C(\C)C(F)(C(F)(F)F)C(F)(F)F. The lowest BCUT2D eigenvalue weighted by molar-refractivity contribution is -0.326. The van der Waals surface area contributed by atoms with Gasteiger partial charge in [-0.15, -0.1) is 0 Å². The van der Waals surface area contributed by atoms with Crippen molar-refractivity contribution in [3.05, 3.63) is 11.6 Å². The Balaban J connectivity index is 3.06. The normalized spacial score (nSPS) is 26.4. The Bertz CT molecular complexity index is 330. The van der Waals surface area contributed by atoms with Crippen LogP contribution in [0.15, 0.2) is 11.6 Å². The third kappa shape index (κ3) is 2.46. The first-order chi connectivity index (χ1) is 7.95. The lowest BCUT2D eigenvalue weighted by Gasteiger charge is -2.30. The summed E-state index contributed by atoms with van der Waals surface area (Å²) in [5.41, 5.74) is -6.91. The van der Waals surface area contributed by atoms with Gasteiger partial charge in [-0.1, -0.05) is 0 Å². The van der Waals surface area contributed by atoms with Gasteiger partial charge in [-0.3, -0.25) is 0 Å². The summed E-state index contributed by atoms with van der Waals surface area (Å²) in [5, 5.41) is 0. The molecule has 0 aromatic carbocycles. The highest BCUT2D eigenvalue weighted by Crippen LogP contribution is 2.51.